The Morgan fingerprint density at radius 2 is 1.82 bits per heavy atom. The average molecular weight is 379 g/mol. The van der Waals surface area contributed by atoms with Gasteiger partial charge in [-0.05, 0) is 55.2 Å². The Labute approximate surface area is 167 Å². The van der Waals surface area contributed by atoms with Crippen LogP contribution < -0.4 is 15.5 Å². The van der Waals surface area contributed by atoms with Gasteiger partial charge in [-0.25, -0.2) is 0 Å². The molecule has 28 heavy (non-hydrogen) atoms. The van der Waals surface area contributed by atoms with Crippen LogP contribution in [-0.4, -0.2) is 50.1 Å². The molecule has 2 N–H and O–H groups in total. The van der Waals surface area contributed by atoms with Gasteiger partial charge in [-0.1, -0.05) is 18.2 Å². The summed E-state index contributed by atoms with van der Waals surface area (Å²) in [4.78, 5) is 19.7. The van der Waals surface area contributed by atoms with Crippen molar-refractivity contribution in [1.29, 1.82) is 0 Å². The van der Waals surface area contributed by atoms with Crippen molar-refractivity contribution in [3.63, 3.8) is 0 Å². The van der Waals surface area contributed by atoms with E-state index in [9.17, 15) is 4.79 Å². The third-order valence-electron chi connectivity index (χ3n) is 5.97. The number of anilines is 3. The van der Waals surface area contributed by atoms with Gasteiger partial charge in [0, 0.05) is 62.8 Å². The summed E-state index contributed by atoms with van der Waals surface area (Å²) >= 11 is 0. The maximum atomic E-state index is 12.9. The molecule has 0 spiro atoms. The lowest BCUT2D eigenvalue weighted by atomic mass is 9.99. The SMILES string of the molecule is Cc1cccc(N2CCN(CCC(=O)N3CCCc4c(N)cccc43)CC2)c1. The summed E-state index contributed by atoms with van der Waals surface area (Å²) < 4.78 is 0. The van der Waals surface area contributed by atoms with Gasteiger partial charge in [-0.3, -0.25) is 9.69 Å². The van der Waals surface area contributed by atoms with Crippen LogP contribution in [-0.2, 0) is 11.2 Å². The van der Waals surface area contributed by atoms with Crippen LogP contribution in [0.25, 0.3) is 0 Å². The molecule has 0 atom stereocenters. The lowest BCUT2D eigenvalue weighted by Crippen LogP contribution is -2.47. The molecule has 0 radical (unpaired) electrons. The van der Waals surface area contributed by atoms with E-state index in [-0.39, 0.29) is 5.91 Å². The summed E-state index contributed by atoms with van der Waals surface area (Å²) in [5.74, 6) is 0.215. The number of nitrogens with two attached hydrogens (primary N) is 1. The monoisotopic (exact) mass is 378 g/mol. The number of fused-ring (bicyclic) bond motifs is 1. The van der Waals surface area contributed by atoms with Crippen LogP contribution in [0.5, 0.6) is 0 Å². The Balaban J connectivity index is 1.30. The van der Waals surface area contributed by atoms with Gasteiger partial charge in [0.25, 0.3) is 0 Å². The summed E-state index contributed by atoms with van der Waals surface area (Å²) in [6, 6.07) is 14.6. The number of carbonyl (C=O) groups is 1. The number of benzene rings is 2. The Bertz CT molecular complexity index is 842. The number of hydrogen-bond donors (Lipinski definition) is 1. The van der Waals surface area contributed by atoms with E-state index in [1.54, 1.807) is 0 Å². The molecular formula is C23H30N4O. The number of nitrogen functional groups attached to an aromatic ring is 1. The topological polar surface area (TPSA) is 52.8 Å². The molecular weight excluding hydrogens is 348 g/mol. The van der Waals surface area contributed by atoms with Gasteiger partial charge in [-0.2, -0.15) is 0 Å². The van der Waals surface area contributed by atoms with Crippen LogP contribution >= 0.6 is 0 Å². The predicted octanol–water partition coefficient (Wildman–Crippen LogP) is 3.07. The fraction of sp³-hybridized carbons (Fsp3) is 0.435. The summed E-state index contributed by atoms with van der Waals surface area (Å²) in [6.07, 6.45) is 2.52. The van der Waals surface area contributed by atoms with E-state index in [0.717, 1.165) is 69.0 Å². The van der Waals surface area contributed by atoms with E-state index in [4.69, 9.17) is 5.73 Å². The molecule has 0 aliphatic carbocycles. The van der Waals surface area contributed by atoms with Gasteiger partial charge < -0.3 is 15.5 Å². The van der Waals surface area contributed by atoms with E-state index in [1.807, 2.05) is 23.1 Å². The van der Waals surface area contributed by atoms with Crippen LogP contribution in [0.1, 0.15) is 24.0 Å². The van der Waals surface area contributed by atoms with E-state index < -0.39 is 0 Å². The molecule has 2 aromatic rings. The standard InChI is InChI=1S/C23H30N4O/c1-18-5-2-6-19(17-18)26-15-13-25(14-16-26)12-10-23(28)27-11-4-7-20-21(24)8-3-9-22(20)27/h2-3,5-6,8-9,17H,4,7,10-16,24H2,1H3. The van der Waals surface area contributed by atoms with Gasteiger partial charge in [-0.15, -0.1) is 0 Å². The molecule has 5 nitrogen and oxygen atoms in total. The lowest BCUT2D eigenvalue weighted by molar-refractivity contribution is -0.119. The van der Waals surface area contributed by atoms with E-state index >= 15 is 0 Å². The molecule has 148 valence electrons. The first-order chi connectivity index (χ1) is 13.6. The highest BCUT2D eigenvalue weighted by Gasteiger charge is 2.24. The minimum Gasteiger partial charge on any atom is -0.398 e. The fourth-order valence-electron chi connectivity index (χ4n) is 4.35. The molecule has 5 heteroatoms. The molecule has 2 aliphatic rings. The van der Waals surface area contributed by atoms with Crippen molar-refractivity contribution in [2.75, 3.05) is 54.8 Å². The van der Waals surface area contributed by atoms with Crippen LogP contribution in [0.3, 0.4) is 0 Å². The van der Waals surface area contributed by atoms with Crippen molar-refractivity contribution >= 4 is 23.0 Å². The van der Waals surface area contributed by atoms with Gasteiger partial charge >= 0.3 is 0 Å². The van der Waals surface area contributed by atoms with Crippen LogP contribution in [0.15, 0.2) is 42.5 Å². The van der Waals surface area contributed by atoms with Gasteiger partial charge in [0.1, 0.15) is 0 Å². The second-order valence-corrected chi connectivity index (χ2v) is 7.91. The van der Waals surface area contributed by atoms with Gasteiger partial charge in [0.2, 0.25) is 5.91 Å². The first-order valence-electron chi connectivity index (χ1n) is 10.3. The Morgan fingerprint density at radius 3 is 2.61 bits per heavy atom. The maximum absolute atomic E-state index is 12.9. The summed E-state index contributed by atoms with van der Waals surface area (Å²) in [6.45, 7) is 7.81. The zero-order chi connectivity index (χ0) is 19.5. The first-order valence-corrected chi connectivity index (χ1v) is 10.3. The molecule has 1 amide bonds. The highest BCUT2D eigenvalue weighted by atomic mass is 16.2. The normalized spacial score (nSPS) is 17.5. The second-order valence-electron chi connectivity index (χ2n) is 7.91. The lowest BCUT2D eigenvalue weighted by Gasteiger charge is -2.36. The zero-order valence-electron chi connectivity index (χ0n) is 16.7. The molecule has 0 bridgehead atoms. The Kier molecular flexibility index (Phi) is 5.53. The number of rotatable bonds is 4. The first kappa shape index (κ1) is 18.8. The molecule has 0 saturated carbocycles. The quantitative estimate of drug-likeness (QED) is 0.831. The van der Waals surface area contributed by atoms with Crippen molar-refractivity contribution < 1.29 is 4.79 Å². The van der Waals surface area contributed by atoms with E-state index in [1.165, 1.54) is 11.3 Å². The van der Waals surface area contributed by atoms with Crippen LogP contribution in [0.2, 0.25) is 0 Å². The van der Waals surface area contributed by atoms with E-state index in [2.05, 4.69) is 41.0 Å². The second kappa shape index (κ2) is 8.23. The minimum atomic E-state index is 0.215. The Hall–Kier alpha value is -2.53. The number of amides is 1. The largest absolute Gasteiger partial charge is 0.398 e. The van der Waals surface area contributed by atoms with Crippen molar-refractivity contribution in [3.8, 4) is 0 Å². The molecule has 4 rings (SSSR count). The summed E-state index contributed by atoms with van der Waals surface area (Å²) in [7, 11) is 0. The van der Waals surface area contributed by atoms with Crippen molar-refractivity contribution in [3.05, 3.63) is 53.6 Å². The van der Waals surface area contributed by atoms with E-state index in [0.29, 0.717) is 6.42 Å². The number of hydrogen-bond acceptors (Lipinski definition) is 4. The average Bonchev–Trinajstić information content (AvgIpc) is 2.72. The molecule has 0 aromatic heterocycles. The van der Waals surface area contributed by atoms with Crippen molar-refractivity contribution in [2.45, 2.75) is 26.2 Å². The molecule has 2 aromatic carbocycles. The summed E-state index contributed by atoms with van der Waals surface area (Å²) in [5.41, 5.74) is 11.7. The van der Waals surface area contributed by atoms with Crippen LogP contribution in [0, 0.1) is 6.92 Å². The van der Waals surface area contributed by atoms with Crippen molar-refractivity contribution in [1.82, 2.24) is 4.90 Å². The fourth-order valence-corrected chi connectivity index (χ4v) is 4.35. The molecule has 0 unspecified atom stereocenters. The highest BCUT2D eigenvalue weighted by molar-refractivity contribution is 5.95. The third-order valence-corrected chi connectivity index (χ3v) is 5.97. The Morgan fingerprint density at radius 1 is 1.04 bits per heavy atom. The summed E-state index contributed by atoms with van der Waals surface area (Å²) in [5, 5.41) is 0. The van der Waals surface area contributed by atoms with Crippen LogP contribution in [0.4, 0.5) is 17.1 Å². The highest BCUT2D eigenvalue weighted by Crippen LogP contribution is 2.31. The smallest absolute Gasteiger partial charge is 0.228 e. The number of nitrogens with zero attached hydrogens (tertiary/aromatic N) is 3. The molecule has 2 heterocycles. The molecule has 1 fully saturated rings. The molecule has 2 aliphatic heterocycles. The third kappa shape index (κ3) is 3.99. The minimum absolute atomic E-state index is 0.215. The van der Waals surface area contributed by atoms with Gasteiger partial charge in [0.15, 0.2) is 0 Å². The van der Waals surface area contributed by atoms with Crippen molar-refractivity contribution in [2.24, 2.45) is 0 Å². The maximum Gasteiger partial charge on any atom is 0.228 e. The predicted molar refractivity (Wildman–Crippen MR) is 116 cm³/mol. The zero-order valence-corrected chi connectivity index (χ0v) is 16.7. The number of aryl methyl sites for hydroxylation is 1. The molecule has 1 saturated heterocycles. The number of piperazine rings is 1. The van der Waals surface area contributed by atoms with Gasteiger partial charge in [0.05, 0.1) is 0 Å². The number of carbonyl (C=O) groups excluding carboxylic acids is 1.